The maximum Gasteiger partial charge on any atom is 0.201 e. The maximum atomic E-state index is 12.1. The predicted octanol–water partition coefficient (Wildman–Crippen LogP) is 7.02. The van der Waals surface area contributed by atoms with Crippen LogP contribution in [0.25, 0.3) is 0 Å². The molecule has 4 aliphatic carbocycles. The van der Waals surface area contributed by atoms with Gasteiger partial charge in [-0.25, -0.2) is 0 Å². The van der Waals surface area contributed by atoms with Gasteiger partial charge in [0.2, 0.25) is 5.75 Å². The van der Waals surface area contributed by atoms with Crippen molar-refractivity contribution < 1.29 is 44.8 Å². The SMILES string of the molecule is CN[C@@H]1C=C[C@@H]2[C@@H](CC[C@H]3[C@H]2c2cc([C@@H]4CC[C@@H]5[C@H](C4)O[C@H](c4c(CO)c(O)c(O)c(OC)c4Cc4cc[nH]c4)C[C@@H]5O)ccc2OCC[C@@H]2CC[C@@](O)(CC[C@@H]3O)C2)C1. The highest BCUT2D eigenvalue weighted by atomic mass is 16.5. The third-order valence-corrected chi connectivity index (χ3v) is 16.0. The molecule has 11 heteroatoms. The summed E-state index contributed by atoms with van der Waals surface area (Å²) in [4.78, 5) is 3.08. The molecule has 3 aromatic rings. The summed E-state index contributed by atoms with van der Waals surface area (Å²) in [7, 11) is 3.48. The normalized spacial score (nSPS) is 36.6. The predicted molar refractivity (Wildman–Crippen MR) is 227 cm³/mol. The number of aliphatic hydroxyl groups excluding tert-OH is 3. The Labute approximate surface area is 354 Å². The molecule has 326 valence electrons. The number of allylic oxidation sites excluding steroid dienone is 1. The van der Waals surface area contributed by atoms with E-state index in [1.807, 2.05) is 25.5 Å². The molecule has 0 unspecified atom stereocenters. The van der Waals surface area contributed by atoms with Gasteiger partial charge in [0.15, 0.2) is 11.5 Å². The Hall–Kier alpha value is -3.58. The molecule has 11 nitrogen and oxygen atoms in total. The largest absolute Gasteiger partial charge is 0.504 e. The van der Waals surface area contributed by atoms with E-state index in [-0.39, 0.29) is 53.4 Å². The van der Waals surface area contributed by atoms with Gasteiger partial charge in [0.1, 0.15) is 5.75 Å². The van der Waals surface area contributed by atoms with Crippen molar-refractivity contribution in [1.29, 1.82) is 0 Å². The maximum absolute atomic E-state index is 12.1. The first-order valence-electron chi connectivity index (χ1n) is 22.8. The van der Waals surface area contributed by atoms with E-state index in [1.54, 1.807) is 0 Å². The molecule has 2 aliphatic heterocycles. The van der Waals surface area contributed by atoms with Crippen LogP contribution in [-0.4, -0.2) is 86.3 Å². The number of hydrogen-bond donors (Lipinski definition) is 8. The van der Waals surface area contributed by atoms with Gasteiger partial charge in [-0.2, -0.15) is 0 Å². The number of ether oxygens (including phenoxy) is 3. The second kappa shape index (κ2) is 17.3. The smallest absolute Gasteiger partial charge is 0.201 e. The van der Waals surface area contributed by atoms with E-state index < -0.39 is 42.0 Å². The van der Waals surface area contributed by atoms with E-state index in [4.69, 9.17) is 14.2 Å². The summed E-state index contributed by atoms with van der Waals surface area (Å²) in [5.41, 5.74) is 3.96. The van der Waals surface area contributed by atoms with E-state index >= 15 is 0 Å². The van der Waals surface area contributed by atoms with Gasteiger partial charge in [0, 0.05) is 48.3 Å². The topological polar surface area (TPSA) is 177 Å². The third-order valence-electron chi connectivity index (χ3n) is 16.0. The summed E-state index contributed by atoms with van der Waals surface area (Å²) in [6, 6.07) is 9.03. The standard InChI is InChI=1S/C49H66N2O9/c1-50-32-6-9-33-31(20-32)4-8-35-39(53)12-16-49(57)15-11-27(24-49)14-18-59-41-10-5-29(21-36(41)44(33)35)30-3-7-34-40(54)23-43(60-42(34)22-30)45-37(19-28-13-17-51-25-28)48(58-2)47(56)46(55)38(45)26-52/h5-6,9-10,13,17,21,25,27,30-35,39-40,42-44,50-57H,3-4,7-8,11-12,14-16,18-20,22-24,26H2,1-2H3/t27-,30+,31-,32+,33+,34-,35+,39-,40-,42-,43-,44-,49+/m0/s1. The van der Waals surface area contributed by atoms with Crippen molar-refractivity contribution in [3.63, 3.8) is 0 Å². The molecule has 0 spiro atoms. The van der Waals surface area contributed by atoms with E-state index in [9.17, 15) is 30.6 Å². The third kappa shape index (κ3) is 7.88. The number of likely N-dealkylation sites (N-methyl/N-ethyl adjacent to an activating group) is 1. The number of fused-ring (bicyclic) bond motifs is 8. The lowest BCUT2D eigenvalue weighted by Gasteiger charge is -2.47. The number of nitrogens with one attached hydrogen (secondary N) is 2. The molecule has 3 heterocycles. The molecule has 3 saturated carbocycles. The first kappa shape index (κ1) is 41.8. The van der Waals surface area contributed by atoms with Gasteiger partial charge in [-0.15, -0.1) is 0 Å². The van der Waals surface area contributed by atoms with E-state index in [1.165, 1.54) is 18.2 Å². The van der Waals surface area contributed by atoms with Crippen LogP contribution in [0.3, 0.4) is 0 Å². The number of phenols is 2. The molecule has 6 aliphatic rings. The Kier molecular flexibility index (Phi) is 12.0. The van der Waals surface area contributed by atoms with Crippen LogP contribution < -0.4 is 14.8 Å². The van der Waals surface area contributed by atoms with Gasteiger partial charge in [-0.3, -0.25) is 0 Å². The second-order valence-electron chi connectivity index (χ2n) is 19.3. The van der Waals surface area contributed by atoms with Crippen molar-refractivity contribution in [3.05, 3.63) is 82.2 Å². The lowest BCUT2D eigenvalue weighted by Crippen LogP contribution is -2.44. The molecule has 1 saturated heterocycles. The minimum atomic E-state index is -0.706. The van der Waals surface area contributed by atoms with Crippen LogP contribution in [0.15, 0.2) is 48.8 Å². The fourth-order valence-corrected chi connectivity index (χ4v) is 12.9. The van der Waals surface area contributed by atoms with E-state index in [0.717, 1.165) is 69.1 Å². The fourth-order valence-electron chi connectivity index (χ4n) is 12.9. The first-order valence-corrected chi connectivity index (χ1v) is 22.8. The van der Waals surface area contributed by atoms with Crippen LogP contribution in [-0.2, 0) is 17.8 Å². The zero-order valence-electron chi connectivity index (χ0n) is 35.3. The Morgan fingerprint density at radius 2 is 1.73 bits per heavy atom. The monoisotopic (exact) mass is 826 g/mol. The molecule has 0 amide bonds. The molecule has 8 N–H and O–H groups in total. The number of hydrogen-bond acceptors (Lipinski definition) is 10. The average molecular weight is 827 g/mol. The summed E-state index contributed by atoms with van der Waals surface area (Å²) < 4.78 is 19.5. The Morgan fingerprint density at radius 3 is 2.52 bits per heavy atom. The number of benzene rings is 2. The number of H-pyrrole nitrogens is 1. The molecular formula is C49H66N2O9. The Bertz CT molecular complexity index is 2000. The lowest BCUT2D eigenvalue weighted by molar-refractivity contribution is -0.154. The van der Waals surface area contributed by atoms with E-state index in [2.05, 4.69) is 40.7 Å². The van der Waals surface area contributed by atoms with Crippen molar-refractivity contribution in [2.24, 2.45) is 29.6 Å². The van der Waals surface area contributed by atoms with Gasteiger partial charge < -0.3 is 55.2 Å². The van der Waals surface area contributed by atoms with Gasteiger partial charge in [0.25, 0.3) is 0 Å². The van der Waals surface area contributed by atoms with Crippen molar-refractivity contribution in [3.8, 4) is 23.0 Å². The first-order chi connectivity index (χ1) is 29.1. The van der Waals surface area contributed by atoms with Crippen molar-refractivity contribution in [1.82, 2.24) is 10.3 Å². The number of phenolic OH excluding ortho intramolecular Hbond substituents is 1. The van der Waals surface area contributed by atoms with Gasteiger partial charge >= 0.3 is 0 Å². The van der Waals surface area contributed by atoms with Crippen molar-refractivity contribution in [2.45, 2.75) is 144 Å². The van der Waals surface area contributed by atoms with Crippen molar-refractivity contribution >= 4 is 0 Å². The summed E-state index contributed by atoms with van der Waals surface area (Å²) in [5, 5.41) is 71.7. The minimum Gasteiger partial charge on any atom is -0.504 e. The van der Waals surface area contributed by atoms with Crippen LogP contribution in [0.4, 0.5) is 0 Å². The van der Waals surface area contributed by atoms with Crippen LogP contribution in [0.1, 0.15) is 135 Å². The highest BCUT2D eigenvalue weighted by molar-refractivity contribution is 5.64. The number of methoxy groups -OCH3 is 1. The van der Waals surface area contributed by atoms with Crippen LogP contribution in [0.2, 0.25) is 0 Å². The molecule has 13 atom stereocenters. The zero-order chi connectivity index (χ0) is 41.7. The summed E-state index contributed by atoms with van der Waals surface area (Å²) in [6.07, 6.45) is 17.1. The quantitative estimate of drug-likeness (QED) is 0.0913. The van der Waals surface area contributed by atoms with Crippen LogP contribution >= 0.6 is 0 Å². The Morgan fingerprint density at radius 1 is 0.900 bits per heavy atom. The molecular weight excluding hydrogens is 761 g/mol. The van der Waals surface area contributed by atoms with E-state index in [0.29, 0.717) is 61.3 Å². The number of aromatic amines is 1. The van der Waals surface area contributed by atoms with Crippen molar-refractivity contribution in [2.75, 3.05) is 20.8 Å². The van der Waals surface area contributed by atoms with Gasteiger partial charge in [-0.1, -0.05) is 24.3 Å². The molecule has 9 rings (SSSR count). The number of aliphatic hydroxyl groups is 4. The summed E-state index contributed by atoms with van der Waals surface area (Å²) in [5.74, 6) is 1.52. The second-order valence-corrected chi connectivity index (χ2v) is 19.3. The molecule has 1 aromatic heterocycles. The summed E-state index contributed by atoms with van der Waals surface area (Å²) >= 11 is 0. The summed E-state index contributed by atoms with van der Waals surface area (Å²) in [6.45, 7) is 0.0758. The Balaban J connectivity index is 1.05. The number of rotatable bonds is 7. The molecule has 4 fully saturated rings. The molecule has 0 radical (unpaired) electrons. The number of aromatic hydroxyl groups is 2. The fraction of sp³-hybridized carbons (Fsp3) is 0.633. The van der Waals surface area contributed by atoms with Gasteiger partial charge in [0.05, 0.1) is 50.3 Å². The average Bonchev–Trinajstić information content (AvgIpc) is 3.92. The lowest BCUT2D eigenvalue weighted by atomic mass is 9.59. The number of aromatic nitrogens is 1. The molecule has 2 aromatic carbocycles. The van der Waals surface area contributed by atoms with Gasteiger partial charge in [-0.05, 0) is 154 Å². The molecule has 2 bridgehead atoms. The zero-order valence-corrected chi connectivity index (χ0v) is 35.3. The van der Waals surface area contributed by atoms with Crippen LogP contribution in [0.5, 0.6) is 23.0 Å². The highest BCUT2D eigenvalue weighted by Gasteiger charge is 2.48. The minimum absolute atomic E-state index is 0.0365. The highest BCUT2D eigenvalue weighted by Crippen LogP contribution is 2.56. The van der Waals surface area contributed by atoms with Crippen LogP contribution in [0, 0.1) is 29.6 Å². The molecule has 60 heavy (non-hydrogen) atoms.